The van der Waals surface area contributed by atoms with Crippen molar-refractivity contribution in [3.63, 3.8) is 0 Å². The summed E-state index contributed by atoms with van der Waals surface area (Å²) in [6.45, 7) is 2.19. The lowest BCUT2D eigenvalue weighted by Crippen LogP contribution is -2.42. The van der Waals surface area contributed by atoms with Crippen LogP contribution in [-0.4, -0.2) is 39.3 Å². The van der Waals surface area contributed by atoms with Crippen molar-refractivity contribution < 1.29 is 26.3 Å². The summed E-state index contributed by atoms with van der Waals surface area (Å²) in [5.41, 5.74) is 4.95. The minimum absolute atomic E-state index is 0.0318. The summed E-state index contributed by atoms with van der Waals surface area (Å²) in [6.07, 6.45) is -2.96. The van der Waals surface area contributed by atoms with Crippen molar-refractivity contribution in [2.24, 2.45) is 0 Å². The van der Waals surface area contributed by atoms with Crippen LogP contribution in [0.1, 0.15) is 35.2 Å². The largest absolute Gasteiger partial charge is 0.573 e. The number of nitrogens with zero attached hydrogens (tertiary/aromatic N) is 1. The number of aryl methyl sites for hydroxylation is 2. The number of hydrogen-bond donors (Lipinski definition) is 1. The highest BCUT2D eigenvalue weighted by atomic mass is 32.2. The van der Waals surface area contributed by atoms with E-state index in [0.29, 0.717) is 6.54 Å². The molecule has 0 radical (unpaired) electrons. The molecule has 0 fully saturated rings. The van der Waals surface area contributed by atoms with E-state index in [-0.39, 0.29) is 10.9 Å². The molecule has 3 aromatic carbocycles. The van der Waals surface area contributed by atoms with Crippen LogP contribution < -0.4 is 9.46 Å². The Morgan fingerprint density at radius 1 is 0.943 bits per heavy atom. The van der Waals surface area contributed by atoms with Gasteiger partial charge in [-0.2, -0.15) is 0 Å². The molecule has 1 atom stereocenters. The van der Waals surface area contributed by atoms with Crippen LogP contribution in [0.3, 0.4) is 0 Å². The molecule has 1 N–H and O–H groups in total. The van der Waals surface area contributed by atoms with E-state index < -0.39 is 28.2 Å². The van der Waals surface area contributed by atoms with Crippen molar-refractivity contribution >= 4 is 10.0 Å². The van der Waals surface area contributed by atoms with Crippen molar-refractivity contribution in [2.45, 2.75) is 43.1 Å². The highest BCUT2D eigenvalue weighted by Crippen LogP contribution is 2.36. The molecule has 0 spiro atoms. The highest BCUT2D eigenvalue weighted by Gasteiger charge is 2.31. The third kappa shape index (κ3) is 6.04. The smallest absolute Gasteiger partial charge is 0.406 e. The van der Waals surface area contributed by atoms with Gasteiger partial charge in [-0.25, -0.2) is 13.1 Å². The first kappa shape index (κ1) is 25.2. The minimum atomic E-state index is -4.84. The lowest BCUT2D eigenvalue weighted by atomic mass is 9.93. The van der Waals surface area contributed by atoms with Crippen LogP contribution in [-0.2, 0) is 22.9 Å². The maximum absolute atomic E-state index is 12.9. The van der Waals surface area contributed by atoms with Gasteiger partial charge in [0.25, 0.3) is 0 Å². The molecule has 0 amide bonds. The molecule has 1 aliphatic carbocycles. The van der Waals surface area contributed by atoms with Crippen LogP contribution in [0, 0.1) is 0 Å². The Morgan fingerprint density at radius 3 is 1.97 bits per heavy atom. The Hall–Kier alpha value is -2.88. The average Bonchev–Trinajstić information content (AvgIpc) is 2.95. The first-order valence-electron chi connectivity index (χ1n) is 11.3. The number of likely N-dealkylation sites (N-methyl/N-ethyl adjacent to an activating group) is 1. The normalized spacial score (nSPS) is 15.3. The molecule has 9 heteroatoms. The molecule has 35 heavy (non-hydrogen) atoms. The second-order valence-electron chi connectivity index (χ2n) is 8.78. The molecule has 3 aromatic rings. The summed E-state index contributed by atoms with van der Waals surface area (Å²) < 4.78 is 69.3. The summed E-state index contributed by atoms with van der Waals surface area (Å²) in [5.74, 6) is -0.477. The van der Waals surface area contributed by atoms with Crippen LogP contribution in [0.4, 0.5) is 13.2 Å². The maximum Gasteiger partial charge on any atom is 0.573 e. The Kier molecular flexibility index (Phi) is 7.21. The van der Waals surface area contributed by atoms with E-state index in [1.54, 1.807) is 6.92 Å². The van der Waals surface area contributed by atoms with Crippen molar-refractivity contribution in [1.29, 1.82) is 0 Å². The van der Waals surface area contributed by atoms with E-state index in [1.165, 1.54) is 22.3 Å². The van der Waals surface area contributed by atoms with Gasteiger partial charge < -0.3 is 4.74 Å². The quantitative estimate of drug-likeness (QED) is 0.488. The van der Waals surface area contributed by atoms with Crippen molar-refractivity contribution in [2.75, 3.05) is 13.6 Å². The highest BCUT2D eigenvalue weighted by molar-refractivity contribution is 7.89. The number of rotatable bonds is 7. The van der Waals surface area contributed by atoms with Gasteiger partial charge in [-0.05, 0) is 73.3 Å². The fourth-order valence-corrected chi connectivity index (χ4v) is 5.93. The van der Waals surface area contributed by atoms with Crippen LogP contribution in [0.15, 0.2) is 77.7 Å². The molecule has 186 valence electrons. The van der Waals surface area contributed by atoms with Gasteiger partial charge in [0.15, 0.2) is 0 Å². The summed E-state index contributed by atoms with van der Waals surface area (Å²) in [4.78, 5) is 2.00. The second-order valence-corrected chi connectivity index (χ2v) is 10.5. The Morgan fingerprint density at radius 2 is 1.46 bits per heavy atom. The first-order chi connectivity index (χ1) is 16.5. The Balaban J connectivity index is 1.51. The summed E-state index contributed by atoms with van der Waals surface area (Å²) in [5, 5.41) is 0. The van der Waals surface area contributed by atoms with E-state index in [2.05, 4.69) is 38.6 Å². The van der Waals surface area contributed by atoms with Crippen molar-refractivity contribution in [3.8, 4) is 5.75 Å². The standard InChI is InChI=1S/C26H27F3N2O3S/c1-18(30-35(32,33)22-15-13-21(14-16-22)34-26(27,28)29)17-31(2)25-23-9-5-3-7-19(23)11-12-20-8-4-6-10-24(20)25/h3-10,13-16,18,25,30H,11-12,17H2,1-2H3. The molecule has 5 nitrogen and oxygen atoms in total. The molecule has 1 aliphatic rings. The molecule has 1 unspecified atom stereocenters. The number of alkyl halides is 3. The van der Waals surface area contributed by atoms with E-state index in [4.69, 9.17) is 0 Å². The summed E-state index contributed by atoms with van der Waals surface area (Å²) in [7, 11) is -1.97. The van der Waals surface area contributed by atoms with Crippen molar-refractivity contribution in [3.05, 3.63) is 95.1 Å². The Labute approximate surface area is 203 Å². The van der Waals surface area contributed by atoms with Gasteiger partial charge in [-0.15, -0.1) is 13.2 Å². The number of benzene rings is 3. The lowest BCUT2D eigenvalue weighted by Gasteiger charge is -2.32. The number of nitrogens with one attached hydrogen (secondary N) is 1. The van der Waals surface area contributed by atoms with Gasteiger partial charge in [0, 0.05) is 12.6 Å². The van der Waals surface area contributed by atoms with Gasteiger partial charge in [0.1, 0.15) is 5.75 Å². The van der Waals surface area contributed by atoms with Crippen molar-refractivity contribution in [1.82, 2.24) is 9.62 Å². The zero-order valence-corrected chi connectivity index (χ0v) is 20.2. The van der Waals surface area contributed by atoms with Crippen LogP contribution in [0.2, 0.25) is 0 Å². The van der Waals surface area contributed by atoms with Crippen LogP contribution in [0.25, 0.3) is 0 Å². The number of sulfonamides is 1. The summed E-state index contributed by atoms with van der Waals surface area (Å²) in [6, 6.07) is 20.3. The van der Waals surface area contributed by atoms with E-state index in [1.807, 2.05) is 31.3 Å². The maximum atomic E-state index is 12.9. The van der Waals surface area contributed by atoms with Gasteiger partial charge in [-0.3, -0.25) is 4.90 Å². The predicted octanol–water partition coefficient (Wildman–Crippen LogP) is 5.07. The monoisotopic (exact) mass is 504 g/mol. The summed E-state index contributed by atoms with van der Waals surface area (Å²) >= 11 is 0. The van der Waals surface area contributed by atoms with Gasteiger partial charge in [0.2, 0.25) is 10.0 Å². The Bertz CT molecular complexity index is 1230. The van der Waals surface area contributed by atoms with E-state index >= 15 is 0 Å². The third-order valence-corrected chi connectivity index (χ3v) is 7.70. The average molecular weight is 505 g/mol. The topological polar surface area (TPSA) is 58.6 Å². The number of halogens is 3. The number of ether oxygens (including phenoxy) is 1. The molecule has 0 aromatic heterocycles. The molecule has 4 rings (SSSR count). The molecule has 0 saturated heterocycles. The first-order valence-corrected chi connectivity index (χ1v) is 12.8. The molecule has 0 aliphatic heterocycles. The fourth-order valence-electron chi connectivity index (χ4n) is 4.70. The van der Waals surface area contributed by atoms with Gasteiger partial charge in [0.05, 0.1) is 10.9 Å². The zero-order chi connectivity index (χ0) is 25.2. The predicted molar refractivity (Wildman–Crippen MR) is 128 cm³/mol. The van der Waals surface area contributed by atoms with Crippen LogP contribution >= 0.6 is 0 Å². The SMILES string of the molecule is CC(CN(C)C1c2ccccc2CCc2ccccc21)NS(=O)(=O)c1ccc(OC(F)(F)F)cc1. The van der Waals surface area contributed by atoms with Crippen LogP contribution in [0.5, 0.6) is 5.75 Å². The van der Waals surface area contributed by atoms with Gasteiger partial charge >= 0.3 is 6.36 Å². The van der Waals surface area contributed by atoms with Gasteiger partial charge in [-0.1, -0.05) is 48.5 Å². The molecule has 0 saturated carbocycles. The minimum Gasteiger partial charge on any atom is -0.406 e. The molecule has 0 heterocycles. The lowest BCUT2D eigenvalue weighted by molar-refractivity contribution is -0.274. The molecular formula is C26H27F3N2O3S. The zero-order valence-electron chi connectivity index (χ0n) is 19.4. The number of hydrogen-bond acceptors (Lipinski definition) is 4. The van der Waals surface area contributed by atoms with E-state index in [9.17, 15) is 21.6 Å². The molecule has 0 bridgehead atoms. The second kappa shape index (κ2) is 10.0. The third-order valence-electron chi connectivity index (χ3n) is 6.09. The molecular weight excluding hydrogens is 477 g/mol. The fraction of sp³-hybridized carbons (Fsp3) is 0.308. The van der Waals surface area contributed by atoms with E-state index in [0.717, 1.165) is 37.1 Å². The number of fused-ring (bicyclic) bond motifs is 2.